The molecule has 0 rings (SSSR count). The molecule has 74 heavy (non-hydrogen) atoms. The number of hydrogen-bond donors (Lipinski definition) is 2. The molecule has 0 aliphatic rings. The van der Waals surface area contributed by atoms with Crippen molar-refractivity contribution in [3.05, 3.63) is 97.2 Å². The van der Waals surface area contributed by atoms with Gasteiger partial charge in [-0.15, -0.1) is 0 Å². The molecule has 0 bridgehead atoms. The molecule has 2 N–H and O–H groups in total. The van der Waals surface area contributed by atoms with E-state index in [-0.39, 0.29) is 25.9 Å². The van der Waals surface area contributed by atoms with Gasteiger partial charge in [0.2, 0.25) is 0 Å². The standard InChI is InChI=1S/C62H105O11P/c1-4-7-10-13-16-19-22-25-27-28-29-30-32-35-38-41-44-47-50-53-62(66)73-59(55-69-60(64)51-48-45-42-39-36-34-31-26-23-20-17-14-11-8-5-2)57-71-74(67,68)70-56-58(54-63)72-61(65)52-49-46-43-40-37-33-24-21-18-15-12-9-6-3/h7,10,16-17,19-21,24-27,29-31,35,38,58-59,63H,4-6,8-9,11-15,18,22-23,28,32-34,36-37,39-57H2,1-3H3,(H,67,68)/b10-7-,19-16-,20-17-,24-21-,27-25-,30-29-,31-26-,38-35-. The zero-order chi connectivity index (χ0) is 54.1. The fourth-order valence-electron chi connectivity index (χ4n) is 7.52. The summed E-state index contributed by atoms with van der Waals surface area (Å²) < 4.78 is 39.5. The highest BCUT2D eigenvalue weighted by molar-refractivity contribution is 7.47. The van der Waals surface area contributed by atoms with Crippen molar-refractivity contribution >= 4 is 25.7 Å². The predicted molar refractivity (Wildman–Crippen MR) is 307 cm³/mol. The number of esters is 3. The van der Waals surface area contributed by atoms with E-state index in [1.807, 2.05) is 0 Å². The highest BCUT2D eigenvalue weighted by Crippen LogP contribution is 2.43. The van der Waals surface area contributed by atoms with Crippen LogP contribution in [-0.2, 0) is 42.2 Å². The number of phosphoric ester groups is 1. The quantitative estimate of drug-likeness (QED) is 0.0197. The smallest absolute Gasteiger partial charge is 0.462 e. The van der Waals surface area contributed by atoms with Crippen molar-refractivity contribution in [3.8, 4) is 0 Å². The van der Waals surface area contributed by atoms with Crippen molar-refractivity contribution in [2.75, 3.05) is 26.4 Å². The van der Waals surface area contributed by atoms with Gasteiger partial charge in [-0.3, -0.25) is 23.4 Å². The highest BCUT2D eigenvalue weighted by atomic mass is 31.2. The van der Waals surface area contributed by atoms with E-state index in [0.29, 0.717) is 19.3 Å². The molecule has 0 fully saturated rings. The number of carbonyl (C=O) groups excluding carboxylic acids is 3. The van der Waals surface area contributed by atoms with E-state index >= 15 is 0 Å². The molecule has 12 heteroatoms. The van der Waals surface area contributed by atoms with Gasteiger partial charge in [-0.05, 0) is 122 Å². The van der Waals surface area contributed by atoms with Crippen molar-refractivity contribution in [3.63, 3.8) is 0 Å². The van der Waals surface area contributed by atoms with Crippen LogP contribution in [-0.4, -0.2) is 66.5 Å². The molecule has 3 unspecified atom stereocenters. The third-order valence-electron chi connectivity index (χ3n) is 12.0. The Kier molecular flexibility index (Phi) is 52.9. The minimum Gasteiger partial charge on any atom is -0.462 e. The Morgan fingerprint density at radius 3 is 1.14 bits per heavy atom. The van der Waals surface area contributed by atoms with E-state index < -0.39 is 57.8 Å². The number of hydrogen-bond acceptors (Lipinski definition) is 10. The van der Waals surface area contributed by atoms with E-state index in [0.717, 1.165) is 135 Å². The topological polar surface area (TPSA) is 155 Å². The summed E-state index contributed by atoms with van der Waals surface area (Å²) in [6.07, 6.45) is 65.0. The summed E-state index contributed by atoms with van der Waals surface area (Å²) in [6.45, 7) is 4.42. The molecule has 0 heterocycles. The van der Waals surface area contributed by atoms with Crippen LogP contribution in [0.3, 0.4) is 0 Å². The van der Waals surface area contributed by atoms with Gasteiger partial charge in [0.25, 0.3) is 0 Å². The van der Waals surface area contributed by atoms with Gasteiger partial charge < -0.3 is 24.2 Å². The maximum atomic E-state index is 12.9. The van der Waals surface area contributed by atoms with Crippen LogP contribution in [0.25, 0.3) is 0 Å². The maximum absolute atomic E-state index is 12.9. The van der Waals surface area contributed by atoms with E-state index in [4.69, 9.17) is 23.3 Å². The minimum atomic E-state index is -4.77. The van der Waals surface area contributed by atoms with E-state index in [9.17, 15) is 28.9 Å². The summed E-state index contributed by atoms with van der Waals surface area (Å²) in [7, 11) is -4.77. The molecular formula is C62H105O11P. The summed E-state index contributed by atoms with van der Waals surface area (Å²) in [6, 6.07) is 0. The van der Waals surface area contributed by atoms with Crippen molar-refractivity contribution in [2.24, 2.45) is 0 Å². The monoisotopic (exact) mass is 1060 g/mol. The Hall–Kier alpha value is -3.60. The first kappa shape index (κ1) is 70.4. The Morgan fingerprint density at radius 2 is 0.703 bits per heavy atom. The van der Waals surface area contributed by atoms with Gasteiger partial charge in [-0.1, -0.05) is 195 Å². The average molecular weight is 1060 g/mol. The zero-order valence-electron chi connectivity index (χ0n) is 46.8. The van der Waals surface area contributed by atoms with Gasteiger partial charge in [0.1, 0.15) is 12.7 Å². The lowest BCUT2D eigenvalue weighted by molar-refractivity contribution is -0.161. The van der Waals surface area contributed by atoms with Gasteiger partial charge in [0, 0.05) is 19.3 Å². The first-order valence-corrected chi connectivity index (χ1v) is 30.6. The molecule has 0 aromatic carbocycles. The average Bonchev–Trinajstić information content (AvgIpc) is 3.39. The number of aliphatic hydroxyl groups excluding tert-OH is 1. The van der Waals surface area contributed by atoms with E-state index in [2.05, 4.69) is 118 Å². The number of phosphoric acid groups is 1. The first-order valence-electron chi connectivity index (χ1n) is 29.1. The fourth-order valence-corrected chi connectivity index (χ4v) is 8.31. The molecule has 0 saturated carbocycles. The zero-order valence-corrected chi connectivity index (χ0v) is 47.7. The molecular weight excluding hydrogens is 952 g/mol. The van der Waals surface area contributed by atoms with Gasteiger partial charge in [0.15, 0.2) is 6.10 Å². The van der Waals surface area contributed by atoms with Crippen molar-refractivity contribution in [1.82, 2.24) is 0 Å². The Labute approximate surface area is 451 Å². The van der Waals surface area contributed by atoms with Crippen LogP contribution >= 0.6 is 7.82 Å². The third kappa shape index (κ3) is 53.2. The molecule has 424 valence electrons. The molecule has 0 spiro atoms. The molecule has 0 saturated heterocycles. The second kappa shape index (κ2) is 55.6. The van der Waals surface area contributed by atoms with Gasteiger partial charge in [-0.2, -0.15) is 0 Å². The Balaban J connectivity index is 4.83. The van der Waals surface area contributed by atoms with Gasteiger partial charge in [0.05, 0.1) is 19.8 Å². The highest BCUT2D eigenvalue weighted by Gasteiger charge is 2.28. The van der Waals surface area contributed by atoms with Crippen LogP contribution in [0.15, 0.2) is 97.2 Å². The minimum absolute atomic E-state index is 0.121. The van der Waals surface area contributed by atoms with Crippen LogP contribution in [0.2, 0.25) is 0 Å². The van der Waals surface area contributed by atoms with Crippen LogP contribution in [0.5, 0.6) is 0 Å². The Bertz CT molecular complexity index is 1610. The summed E-state index contributed by atoms with van der Waals surface area (Å²) in [5, 5.41) is 9.81. The normalized spacial score (nSPS) is 14.1. The molecule has 0 aliphatic heterocycles. The van der Waals surface area contributed by atoms with Gasteiger partial charge >= 0.3 is 25.7 Å². The summed E-state index contributed by atoms with van der Waals surface area (Å²) >= 11 is 0. The molecule has 0 aromatic rings. The SMILES string of the molecule is CC/C=C\C/C=C\C/C=C\C/C=C\C/C=C\CCCCCC(=O)OC(COC(=O)CCCCCCC/C=C\C/C=C\CCCCC)COP(=O)(O)OCC(CO)OC(=O)CCCCCCC/C=C\CCCCCC. The second-order valence-corrected chi connectivity index (χ2v) is 20.5. The summed E-state index contributed by atoms with van der Waals surface area (Å²) in [4.78, 5) is 48.5. The fraction of sp³-hybridized carbons (Fsp3) is 0.694. The first-order chi connectivity index (χ1) is 36.2. The molecule has 0 aromatic heterocycles. The molecule has 0 aliphatic carbocycles. The van der Waals surface area contributed by atoms with Crippen molar-refractivity contribution in [1.29, 1.82) is 0 Å². The second-order valence-electron chi connectivity index (χ2n) is 19.1. The molecule has 3 atom stereocenters. The third-order valence-corrected chi connectivity index (χ3v) is 12.9. The maximum Gasteiger partial charge on any atom is 0.472 e. The van der Waals surface area contributed by atoms with E-state index in [1.54, 1.807) is 0 Å². The molecule has 0 radical (unpaired) electrons. The lowest BCUT2D eigenvalue weighted by atomic mass is 10.1. The largest absolute Gasteiger partial charge is 0.472 e. The van der Waals surface area contributed by atoms with E-state index in [1.165, 1.54) is 44.9 Å². The van der Waals surface area contributed by atoms with Gasteiger partial charge in [-0.25, -0.2) is 4.57 Å². The van der Waals surface area contributed by atoms with Crippen molar-refractivity contribution in [2.45, 2.75) is 251 Å². The summed E-state index contributed by atoms with van der Waals surface area (Å²) in [5.41, 5.74) is 0. The van der Waals surface area contributed by atoms with Crippen LogP contribution in [0.1, 0.15) is 239 Å². The number of unbranched alkanes of at least 4 members (excludes halogenated alkanes) is 20. The Morgan fingerprint density at radius 1 is 0.392 bits per heavy atom. The lowest BCUT2D eigenvalue weighted by Gasteiger charge is -2.21. The van der Waals surface area contributed by atoms with Crippen LogP contribution < -0.4 is 0 Å². The summed E-state index contributed by atoms with van der Waals surface area (Å²) in [5.74, 6) is -1.53. The van der Waals surface area contributed by atoms with Crippen LogP contribution in [0.4, 0.5) is 0 Å². The number of carbonyl (C=O) groups is 3. The lowest BCUT2D eigenvalue weighted by Crippen LogP contribution is -2.30. The predicted octanol–water partition coefficient (Wildman–Crippen LogP) is 17.3. The van der Waals surface area contributed by atoms with Crippen LogP contribution in [0, 0.1) is 0 Å². The van der Waals surface area contributed by atoms with Crippen molar-refractivity contribution < 1.29 is 52.2 Å². The molecule has 11 nitrogen and oxygen atoms in total. The number of aliphatic hydroxyl groups is 1. The number of ether oxygens (including phenoxy) is 3. The number of rotatable bonds is 53. The number of allylic oxidation sites excluding steroid dienone is 16. The molecule has 0 amide bonds.